The van der Waals surface area contributed by atoms with Gasteiger partial charge in [-0.1, -0.05) is 182 Å². The molecule has 12 aromatic carbocycles. The molecule has 16 aromatic rings. The van der Waals surface area contributed by atoms with Gasteiger partial charge in [-0.15, -0.1) is 0 Å². The highest BCUT2D eigenvalue weighted by Crippen LogP contribution is 2.46. The first-order valence-electron chi connectivity index (χ1n) is 28.4. The molecule has 0 spiro atoms. The van der Waals surface area contributed by atoms with Crippen LogP contribution in [0.2, 0.25) is 0 Å². The van der Waals surface area contributed by atoms with Crippen molar-refractivity contribution in [3.05, 3.63) is 315 Å². The summed E-state index contributed by atoms with van der Waals surface area (Å²) in [6.07, 6.45) is 0. The standard InChI is InChI=1S/C76H52N8/c1-7-25-53(26-8-1)79(59-43-46-65-62-37-19-22-40-68(62)82(71(65)49-59)56-31-13-4-14-32-56)74-52-75(80(54-27-9-2-10-28-54)60-44-47-66-63-38-20-23-41-69(63)83(72(66)50-60)57-33-15-5-16-34-57)78-76(77-74)81(55-29-11-3-12-30-55)61-45-48-67-64-39-21-24-42-70(64)84(73(67)51-61)58-35-17-6-18-36-58/h1-52H. The van der Waals surface area contributed by atoms with Crippen molar-refractivity contribution >= 4 is 117 Å². The summed E-state index contributed by atoms with van der Waals surface area (Å²) in [5, 5.41) is 7.02. The monoisotopic (exact) mass is 1080 g/mol. The molecule has 4 heterocycles. The van der Waals surface area contributed by atoms with Crippen molar-refractivity contribution < 1.29 is 0 Å². The van der Waals surface area contributed by atoms with E-state index in [1.807, 2.05) is 0 Å². The minimum absolute atomic E-state index is 0.483. The molecule has 0 saturated carbocycles. The molecule has 0 N–H and O–H groups in total. The second-order valence-corrected chi connectivity index (χ2v) is 21.1. The lowest BCUT2D eigenvalue weighted by atomic mass is 10.1. The second-order valence-electron chi connectivity index (χ2n) is 21.1. The number of rotatable bonds is 12. The average Bonchev–Trinajstić information content (AvgIpc) is 3.22. The van der Waals surface area contributed by atoms with E-state index >= 15 is 0 Å². The van der Waals surface area contributed by atoms with E-state index in [1.165, 1.54) is 16.2 Å². The molecule has 0 unspecified atom stereocenters. The Morgan fingerprint density at radius 1 is 0.202 bits per heavy atom. The summed E-state index contributed by atoms with van der Waals surface area (Å²) in [5.41, 5.74) is 15.4. The fraction of sp³-hybridized carbons (Fsp3) is 0. The van der Waals surface area contributed by atoms with Gasteiger partial charge in [0.25, 0.3) is 0 Å². The predicted octanol–water partition coefficient (Wildman–Crippen LogP) is 20.2. The number of fused-ring (bicyclic) bond motifs is 9. The van der Waals surface area contributed by atoms with Gasteiger partial charge in [0.15, 0.2) is 0 Å². The summed E-state index contributed by atoms with van der Waals surface area (Å²) in [4.78, 5) is 18.5. The summed E-state index contributed by atoms with van der Waals surface area (Å²) in [6.45, 7) is 0. The Bertz CT molecular complexity index is 4560. The van der Waals surface area contributed by atoms with E-state index in [1.54, 1.807) is 0 Å². The Hall–Kier alpha value is -11.5. The highest BCUT2D eigenvalue weighted by molar-refractivity contribution is 6.13. The second kappa shape index (κ2) is 20.3. The van der Waals surface area contributed by atoms with Crippen molar-refractivity contribution in [1.82, 2.24) is 23.7 Å². The summed E-state index contributed by atoms with van der Waals surface area (Å²) in [6, 6.07) is 112. The smallest absolute Gasteiger partial charge is 0.238 e. The van der Waals surface area contributed by atoms with Gasteiger partial charge in [0.05, 0.1) is 38.8 Å². The first kappa shape index (κ1) is 48.4. The number of aromatic nitrogens is 5. The molecular formula is C76H52N8. The number of para-hydroxylation sites is 9. The maximum Gasteiger partial charge on any atom is 0.238 e. The Labute approximate surface area is 485 Å². The van der Waals surface area contributed by atoms with Gasteiger partial charge < -0.3 is 13.7 Å². The average molecular weight is 1080 g/mol. The summed E-state index contributed by atoms with van der Waals surface area (Å²) in [5.74, 6) is 1.82. The zero-order valence-electron chi connectivity index (χ0n) is 45.6. The van der Waals surface area contributed by atoms with Crippen LogP contribution in [0.3, 0.4) is 0 Å². The van der Waals surface area contributed by atoms with Gasteiger partial charge in [0.2, 0.25) is 5.95 Å². The number of anilines is 9. The van der Waals surface area contributed by atoms with Crippen LogP contribution >= 0.6 is 0 Å². The van der Waals surface area contributed by atoms with E-state index in [0.29, 0.717) is 17.6 Å². The molecule has 0 radical (unpaired) electrons. The predicted molar refractivity (Wildman–Crippen MR) is 349 cm³/mol. The van der Waals surface area contributed by atoms with Gasteiger partial charge in [-0.25, -0.2) is 0 Å². The molecule has 0 aliphatic carbocycles. The van der Waals surface area contributed by atoms with Crippen molar-refractivity contribution in [3.8, 4) is 17.1 Å². The van der Waals surface area contributed by atoms with E-state index in [2.05, 4.69) is 344 Å². The number of hydrogen-bond donors (Lipinski definition) is 0. The third-order valence-corrected chi connectivity index (χ3v) is 16.2. The largest absolute Gasteiger partial charge is 0.309 e. The minimum atomic E-state index is 0.483. The molecule has 8 nitrogen and oxygen atoms in total. The minimum Gasteiger partial charge on any atom is -0.309 e. The van der Waals surface area contributed by atoms with E-state index < -0.39 is 0 Å². The number of benzene rings is 12. The van der Waals surface area contributed by atoms with Crippen molar-refractivity contribution in [3.63, 3.8) is 0 Å². The maximum absolute atomic E-state index is 5.85. The van der Waals surface area contributed by atoms with Gasteiger partial charge in [0, 0.05) is 83.9 Å². The highest BCUT2D eigenvalue weighted by Gasteiger charge is 2.27. The van der Waals surface area contributed by atoms with Gasteiger partial charge in [-0.3, -0.25) is 14.7 Å². The van der Waals surface area contributed by atoms with Crippen molar-refractivity contribution in [1.29, 1.82) is 0 Å². The van der Waals surface area contributed by atoms with Crippen LogP contribution in [-0.4, -0.2) is 23.7 Å². The summed E-state index contributed by atoms with van der Waals surface area (Å²) < 4.78 is 7.11. The van der Waals surface area contributed by atoms with E-state index in [-0.39, 0.29) is 0 Å². The third-order valence-electron chi connectivity index (χ3n) is 16.2. The molecular weight excluding hydrogens is 1020 g/mol. The van der Waals surface area contributed by atoms with Crippen LogP contribution in [-0.2, 0) is 0 Å². The van der Waals surface area contributed by atoms with Crippen LogP contribution < -0.4 is 14.7 Å². The Morgan fingerprint density at radius 2 is 0.464 bits per heavy atom. The first-order valence-corrected chi connectivity index (χ1v) is 28.4. The molecule has 0 saturated heterocycles. The summed E-state index contributed by atoms with van der Waals surface area (Å²) in [7, 11) is 0. The zero-order valence-corrected chi connectivity index (χ0v) is 45.6. The van der Waals surface area contributed by atoms with Crippen LogP contribution in [0.5, 0.6) is 0 Å². The summed E-state index contributed by atoms with van der Waals surface area (Å²) >= 11 is 0. The lowest BCUT2D eigenvalue weighted by molar-refractivity contribution is 1.04. The van der Waals surface area contributed by atoms with Crippen molar-refractivity contribution in [2.45, 2.75) is 0 Å². The SMILES string of the molecule is c1ccc(N(c2ccc3c4ccccc4n(-c4ccccc4)c3c2)c2cc(N(c3ccccc3)c3ccc4c5ccccc5n(-c5ccccc5)c4c3)nc(N(c3ccccc3)c3ccc4c5ccccc5n(-c5ccccc5)c4c3)n2)cc1. The van der Waals surface area contributed by atoms with Gasteiger partial charge >= 0.3 is 0 Å². The number of hydrogen-bond acceptors (Lipinski definition) is 5. The van der Waals surface area contributed by atoms with Crippen LogP contribution in [0.25, 0.3) is 82.5 Å². The van der Waals surface area contributed by atoms with Crippen molar-refractivity contribution in [2.75, 3.05) is 14.7 Å². The molecule has 16 rings (SSSR count). The lowest BCUT2D eigenvalue weighted by Gasteiger charge is -2.31. The normalized spacial score (nSPS) is 11.6. The fourth-order valence-electron chi connectivity index (χ4n) is 12.5. The molecule has 0 fully saturated rings. The van der Waals surface area contributed by atoms with Crippen LogP contribution in [0, 0.1) is 0 Å². The first-order chi connectivity index (χ1) is 41.7. The van der Waals surface area contributed by atoms with Gasteiger partial charge in [-0.2, -0.15) is 9.97 Å². The Morgan fingerprint density at radius 3 is 0.798 bits per heavy atom. The highest BCUT2D eigenvalue weighted by atomic mass is 15.3. The molecule has 0 bridgehead atoms. The van der Waals surface area contributed by atoms with Crippen LogP contribution in [0.4, 0.5) is 51.7 Å². The molecule has 4 aromatic heterocycles. The fourth-order valence-corrected chi connectivity index (χ4v) is 12.5. The Balaban J connectivity index is 0.989. The van der Waals surface area contributed by atoms with Crippen LogP contribution in [0.15, 0.2) is 315 Å². The molecule has 0 amide bonds. The van der Waals surface area contributed by atoms with Crippen LogP contribution in [0.1, 0.15) is 0 Å². The number of nitrogens with zero attached hydrogens (tertiary/aromatic N) is 8. The van der Waals surface area contributed by atoms with E-state index in [9.17, 15) is 0 Å². The third kappa shape index (κ3) is 8.15. The van der Waals surface area contributed by atoms with Crippen molar-refractivity contribution in [2.24, 2.45) is 0 Å². The quantitative estimate of drug-likeness (QED) is 0.122. The molecule has 0 atom stereocenters. The van der Waals surface area contributed by atoms with E-state index in [4.69, 9.17) is 9.97 Å². The molecule has 0 aliphatic rings. The maximum atomic E-state index is 5.85. The molecule has 396 valence electrons. The molecule has 84 heavy (non-hydrogen) atoms. The molecule has 8 heteroatoms. The zero-order chi connectivity index (χ0) is 55.5. The topological polar surface area (TPSA) is 50.3 Å². The lowest BCUT2D eigenvalue weighted by Crippen LogP contribution is -2.20. The molecule has 0 aliphatic heterocycles. The van der Waals surface area contributed by atoms with E-state index in [0.717, 1.165) is 100 Å². The van der Waals surface area contributed by atoms with Gasteiger partial charge in [0.1, 0.15) is 11.6 Å². The Kier molecular flexibility index (Phi) is 11.7. The van der Waals surface area contributed by atoms with Gasteiger partial charge in [-0.05, 0) is 127 Å².